The summed E-state index contributed by atoms with van der Waals surface area (Å²) in [6.07, 6.45) is 1.04. The highest BCUT2D eigenvalue weighted by Gasteiger charge is 2.39. The lowest BCUT2D eigenvalue weighted by Gasteiger charge is -2.22. The van der Waals surface area contributed by atoms with Crippen molar-refractivity contribution in [1.29, 1.82) is 0 Å². The van der Waals surface area contributed by atoms with Crippen molar-refractivity contribution in [2.24, 2.45) is 5.92 Å². The lowest BCUT2D eigenvalue weighted by molar-refractivity contribution is -0.122. The molecule has 8 nitrogen and oxygen atoms in total. The van der Waals surface area contributed by atoms with Gasteiger partial charge in [0.2, 0.25) is 5.91 Å². The minimum atomic E-state index is -0.298. The summed E-state index contributed by atoms with van der Waals surface area (Å²) < 4.78 is 5.24. The molecule has 150 valence electrons. The maximum atomic E-state index is 13.2. The zero-order chi connectivity index (χ0) is 20.3. The minimum Gasteiger partial charge on any atom is -0.497 e. The van der Waals surface area contributed by atoms with Crippen molar-refractivity contribution in [2.45, 2.75) is 45.7 Å². The number of carbonyl (C=O) groups excluding carboxylic acids is 2. The van der Waals surface area contributed by atoms with Crippen LogP contribution < -0.4 is 10.1 Å². The second-order valence-corrected chi connectivity index (χ2v) is 7.58. The number of methoxy groups -OCH3 is 1. The summed E-state index contributed by atoms with van der Waals surface area (Å²) in [6.45, 7) is 6.25. The molecular weight excluding hydrogens is 358 g/mol. The molecule has 0 radical (unpaired) electrons. The standard InChI is InChI=1S/C20H27N5O3/c1-12(2)8-18(26)22-15-10-17(19-21-13(3)23-24-19)25(11-15)20(27)14-6-5-7-16(9-14)28-4/h5-7,9,12,15,17H,8,10-11H2,1-4H3,(H,22,26)(H,21,23,24)/t15-,17-/m0/s1. The van der Waals surface area contributed by atoms with Crippen molar-refractivity contribution in [3.63, 3.8) is 0 Å². The van der Waals surface area contributed by atoms with E-state index in [1.165, 1.54) is 0 Å². The first kappa shape index (κ1) is 19.9. The second kappa shape index (κ2) is 8.41. The van der Waals surface area contributed by atoms with E-state index in [4.69, 9.17) is 4.74 Å². The quantitative estimate of drug-likeness (QED) is 0.794. The number of aryl methyl sites for hydroxylation is 1. The third-order valence-corrected chi connectivity index (χ3v) is 4.75. The molecule has 2 N–H and O–H groups in total. The van der Waals surface area contributed by atoms with Gasteiger partial charge in [-0.1, -0.05) is 19.9 Å². The maximum absolute atomic E-state index is 13.2. The van der Waals surface area contributed by atoms with E-state index in [9.17, 15) is 9.59 Å². The Hall–Kier alpha value is -2.90. The molecule has 0 saturated carbocycles. The SMILES string of the molecule is COc1cccc(C(=O)N2C[C@@H](NC(=O)CC(C)C)C[C@H]2c2n[nH]c(C)n2)c1. The van der Waals surface area contributed by atoms with Gasteiger partial charge in [0.1, 0.15) is 11.6 Å². The van der Waals surface area contributed by atoms with Gasteiger partial charge in [-0.25, -0.2) is 4.98 Å². The van der Waals surface area contributed by atoms with Crippen molar-refractivity contribution < 1.29 is 14.3 Å². The van der Waals surface area contributed by atoms with Crippen LogP contribution in [0.15, 0.2) is 24.3 Å². The Bertz CT molecular complexity index is 848. The molecule has 0 aliphatic carbocycles. The molecule has 8 heteroatoms. The smallest absolute Gasteiger partial charge is 0.254 e. The van der Waals surface area contributed by atoms with Crippen molar-refractivity contribution in [3.05, 3.63) is 41.5 Å². The van der Waals surface area contributed by atoms with Crippen molar-refractivity contribution in [2.75, 3.05) is 13.7 Å². The van der Waals surface area contributed by atoms with Crippen LogP contribution >= 0.6 is 0 Å². The van der Waals surface area contributed by atoms with Crippen LogP contribution in [0.2, 0.25) is 0 Å². The first-order valence-corrected chi connectivity index (χ1v) is 9.50. The Morgan fingerprint density at radius 2 is 2.18 bits per heavy atom. The molecule has 2 atom stereocenters. The summed E-state index contributed by atoms with van der Waals surface area (Å²) in [5.41, 5.74) is 0.533. The third kappa shape index (κ3) is 4.49. The monoisotopic (exact) mass is 385 g/mol. The van der Waals surface area contributed by atoms with Crippen LogP contribution in [-0.4, -0.2) is 51.6 Å². The maximum Gasteiger partial charge on any atom is 0.254 e. The molecule has 1 aromatic heterocycles. The second-order valence-electron chi connectivity index (χ2n) is 7.58. The van der Waals surface area contributed by atoms with Gasteiger partial charge in [0.25, 0.3) is 5.91 Å². The van der Waals surface area contributed by atoms with Crippen LogP contribution in [0.1, 0.15) is 54.7 Å². The topological polar surface area (TPSA) is 100 Å². The Kier molecular flexibility index (Phi) is 5.96. The normalized spacial score (nSPS) is 19.1. The molecule has 0 spiro atoms. The minimum absolute atomic E-state index is 0.000553. The largest absolute Gasteiger partial charge is 0.497 e. The van der Waals surface area contributed by atoms with Crippen molar-refractivity contribution >= 4 is 11.8 Å². The lowest BCUT2D eigenvalue weighted by atomic mass is 10.1. The van der Waals surface area contributed by atoms with Gasteiger partial charge in [-0.15, -0.1) is 0 Å². The van der Waals surface area contributed by atoms with E-state index < -0.39 is 0 Å². The number of H-pyrrole nitrogens is 1. The molecule has 2 heterocycles. The number of rotatable bonds is 6. The Labute approximate surface area is 164 Å². The van der Waals surface area contributed by atoms with Gasteiger partial charge in [0.15, 0.2) is 5.82 Å². The highest BCUT2D eigenvalue weighted by atomic mass is 16.5. The van der Waals surface area contributed by atoms with Crippen LogP contribution in [0.5, 0.6) is 5.75 Å². The first-order valence-electron chi connectivity index (χ1n) is 9.50. The molecule has 1 saturated heterocycles. The summed E-state index contributed by atoms with van der Waals surface area (Å²) in [5.74, 6) is 2.03. The molecular formula is C20H27N5O3. The number of likely N-dealkylation sites (tertiary alicyclic amines) is 1. The molecule has 0 unspecified atom stereocenters. The number of ether oxygens (including phenoxy) is 1. The summed E-state index contributed by atoms with van der Waals surface area (Å²) in [6, 6.07) is 6.63. The molecule has 3 rings (SSSR count). The highest BCUT2D eigenvalue weighted by Crippen LogP contribution is 2.32. The van der Waals surface area contributed by atoms with Crippen LogP contribution in [-0.2, 0) is 4.79 Å². The predicted octanol–water partition coefficient (Wildman–Crippen LogP) is 2.24. The summed E-state index contributed by atoms with van der Waals surface area (Å²) in [5, 5.41) is 10.1. The zero-order valence-corrected chi connectivity index (χ0v) is 16.7. The van der Waals surface area contributed by atoms with Crippen molar-refractivity contribution in [1.82, 2.24) is 25.4 Å². The molecule has 1 aromatic carbocycles. The number of nitrogens with one attached hydrogen (secondary N) is 2. The van der Waals surface area contributed by atoms with E-state index >= 15 is 0 Å². The van der Waals surface area contributed by atoms with Crippen molar-refractivity contribution in [3.8, 4) is 5.75 Å². The van der Waals surface area contributed by atoms with Crippen LogP contribution in [0.25, 0.3) is 0 Å². The summed E-state index contributed by atoms with van der Waals surface area (Å²) in [4.78, 5) is 31.6. The van der Waals surface area contributed by atoms with Crippen LogP contribution in [0.4, 0.5) is 0 Å². The van der Waals surface area contributed by atoms with Gasteiger partial charge < -0.3 is 15.0 Å². The Balaban J connectivity index is 1.82. The number of hydrogen-bond donors (Lipinski definition) is 2. The molecule has 0 bridgehead atoms. The number of aromatic nitrogens is 3. The number of carbonyl (C=O) groups is 2. The molecule has 1 aliphatic rings. The summed E-state index contributed by atoms with van der Waals surface area (Å²) >= 11 is 0. The average Bonchev–Trinajstić information content (AvgIpc) is 3.26. The van der Waals surface area contributed by atoms with Gasteiger partial charge in [0, 0.05) is 24.6 Å². The van der Waals surface area contributed by atoms with E-state index in [1.54, 1.807) is 36.3 Å². The molecule has 2 amide bonds. The lowest BCUT2D eigenvalue weighted by Crippen LogP contribution is -2.39. The zero-order valence-electron chi connectivity index (χ0n) is 16.7. The molecule has 28 heavy (non-hydrogen) atoms. The third-order valence-electron chi connectivity index (χ3n) is 4.75. The molecule has 1 aliphatic heterocycles. The predicted molar refractivity (Wildman–Crippen MR) is 104 cm³/mol. The van der Waals surface area contributed by atoms with Gasteiger partial charge in [-0.2, -0.15) is 5.10 Å². The number of nitrogens with zero attached hydrogens (tertiary/aromatic N) is 3. The van der Waals surface area contributed by atoms with Crippen LogP contribution in [0, 0.1) is 12.8 Å². The number of benzene rings is 1. The highest BCUT2D eigenvalue weighted by molar-refractivity contribution is 5.95. The van der Waals surface area contributed by atoms with Gasteiger partial charge in [-0.05, 0) is 37.5 Å². The van der Waals surface area contributed by atoms with E-state index in [0.29, 0.717) is 42.3 Å². The fourth-order valence-corrected chi connectivity index (χ4v) is 3.50. The van der Waals surface area contributed by atoms with Gasteiger partial charge >= 0.3 is 0 Å². The van der Waals surface area contributed by atoms with E-state index in [0.717, 1.165) is 0 Å². The van der Waals surface area contributed by atoms with E-state index in [1.807, 2.05) is 20.8 Å². The van der Waals surface area contributed by atoms with E-state index in [-0.39, 0.29) is 29.8 Å². The Morgan fingerprint density at radius 3 is 2.82 bits per heavy atom. The van der Waals surface area contributed by atoms with Gasteiger partial charge in [-0.3, -0.25) is 14.7 Å². The fourth-order valence-electron chi connectivity index (χ4n) is 3.50. The average molecular weight is 385 g/mol. The summed E-state index contributed by atoms with van der Waals surface area (Å²) in [7, 11) is 1.57. The fraction of sp³-hybridized carbons (Fsp3) is 0.500. The van der Waals surface area contributed by atoms with Gasteiger partial charge in [0.05, 0.1) is 13.2 Å². The molecule has 2 aromatic rings. The van der Waals surface area contributed by atoms with E-state index in [2.05, 4.69) is 20.5 Å². The molecule has 1 fully saturated rings. The number of aromatic amines is 1. The number of amides is 2. The van der Waals surface area contributed by atoms with Crippen LogP contribution in [0.3, 0.4) is 0 Å². The Morgan fingerprint density at radius 1 is 1.39 bits per heavy atom. The first-order chi connectivity index (χ1) is 13.4. The number of hydrogen-bond acceptors (Lipinski definition) is 5.